The zero-order valence-electron chi connectivity index (χ0n) is 12.7. The summed E-state index contributed by atoms with van der Waals surface area (Å²) in [4.78, 5) is 22.5. The maximum absolute atomic E-state index is 11.6. The predicted molar refractivity (Wildman–Crippen MR) is 92.1 cm³/mol. The molecule has 0 aliphatic heterocycles. The van der Waals surface area contributed by atoms with Crippen molar-refractivity contribution in [3.05, 3.63) is 76.3 Å². The Hall–Kier alpha value is -2.79. The zero-order chi connectivity index (χ0) is 17.4. The van der Waals surface area contributed by atoms with Crippen LogP contribution in [-0.2, 0) is 11.3 Å². The standard InChI is InChI=1S/C18H16ClNO4/c19-16-10-14(9-15(11-16)17(21)22)7-4-8-20-18(23)24-12-13-5-2-1-3-6-13/h1-7,9-11H,8,12H2,(H,20,23)(H,21,22). The number of amides is 1. The fourth-order valence-electron chi connectivity index (χ4n) is 1.94. The van der Waals surface area contributed by atoms with Gasteiger partial charge in [0, 0.05) is 11.6 Å². The van der Waals surface area contributed by atoms with Crippen molar-refractivity contribution in [3.63, 3.8) is 0 Å². The Labute approximate surface area is 144 Å². The van der Waals surface area contributed by atoms with Crippen LogP contribution in [0.3, 0.4) is 0 Å². The molecule has 5 nitrogen and oxygen atoms in total. The van der Waals surface area contributed by atoms with Crippen LogP contribution in [0.2, 0.25) is 5.02 Å². The first-order chi connectivity index (χ1) is 11.5. The van der Waals surface area contributed by atoms with Crippen molar-refractivity contribution in [3.8, 4) is 0 Å². The van der Waals surface area contributed by atoms with Crippen LogP contribution in [-0.4, -0.2) is 23.7 Å². The molecule has 0 bridgehead atoms. The van der Waals surface area contributed by atoms with Crippen molar-refractivity contribution in [1.29, 1.82) is 0 Å². The van der Waals surface area contributed by atoms with Gasteiger partial charge in [0.1, 0.15) is 6.61 Å². The highest BCUT2D eigenvalue weighted by molar-refractivity contribution is 6.31. The van der Waals surface area contributed by atoms with Gasteiger partial charge in [-0.15, -0.1) is 0 Å². The molecule has 0 spiro atoms. The molecule has 0 saturated carbocycles. The number of hydrogen-bond donors (Lipinski definition) is 2. The number of nitrogens with one attached hydrogen (secondary N) is 1. The topological polar surface area (TPSA) is 75.6 Å². The Morgan fingerprint density at radius 2 is 1.92 bits per heavy atom. The van der Waals surface area contributed by atoms with Crippen LogP contribution in [0.15, 0.2) is 54.6 Å². The third kappa shape index (κ3) is 5.78. The maximum Gasteiger partial charge on any atom is 0.407 e. The Kier molecular flexibility index (Phi) is 6.40. The minimum absolute atomic E-state index is 0.109. The molecule has 0 radical (unpaired) electrons. The largest absolute Gasteiger partial charge is 0.478 e. The molecule has 124 valence electrons. The lowest BCUT2D eigenvalue weighted by molar-refractivity contribution is 0.0696. The predicted octanol–water partition coefficient (Wildman–Crippen LogP) is 3.98. The second-order valence-corrected chi connectivity index (χ2v) is 5.36. The highest BCUT2D eigenvalue weighted by Crippen LogP contribution is 2.16. The number of aromatic carboxylic acids is 1. The lowest BCUT2D eigenvalue weighted by Gasteiger charge is -2.05. The molecule has 2 rings (SSSR count). The fraction of sp³-hybridized carbons (Fsp3) is 0.111. The lowest BCUT2D eigenvalue weighted by Crippen LogP contribution is -2.24. The number of rotatable bonds is 6. The molecule has 1 amide bonds. The van der Waals surface area contributed by atoms with Gasteiger partial charge in [0.05, 0.1) is 5.56 Å². The Morgan fingerprint density at radius 1 is 1.17 bits per heavy atom. The Morgan fingerprint density at radius 3 is 2.62 bits per heavy atom. The molecule has 0 atom stereocenters. The molecule has 2 aromatic rings. The summed E-state index contributed by atoms with van der Waals surface area (Å²) in [5, 5.41) is 11.9. The van der Waals surface area contributed by atoms with Crippen molar-refractivity contribution < 1.29 is 19.4 Å². The van der Waals surface area contributed by atoms with Crippen LogP contribution in [0, 0.1) is 0 Å². The monoisotopic (exact) mass is 345 g/mol. The molecular weight excluding hydrogens is 330 g/mol. The molecule has 0 aromatic heterocycles. The van der Waals surface area contributed by atoms with Crippen LogP contribution in [0.1, 0.15) is 21.5 Å². The summed E-state index contributed by atoms with van der Waals surface area (Å²) in [7, 11) is 0. The number of ether oxygens (including phenoxy) is 1. The number of carbonyl (C=O) groups excluding carboxylic acids is 1. The molecule has 0 aliphatic rings. The Balaban J connectivity index is 1.80. The highest BCUT2D eigenvalue weighted by Gasteiger charge is 2.05. The molecule has 24 heavy (non-hydrogen) atoms. The van der Waals surface area contributed by atoms with Crippen molar-refractivity contribution in [2.24, 2.45) is 0 Å². The summed E-state index contributed by atoms with van der Waals surface area (Å²) >= 11 is 5.87. The number of hydrogen-bond acceptors (Lipinski definition) is 3. The van der Waals surface area contributed by atoms with Crippen molar-refractivity contribution in [2.45, 2.75) is 6.61 Å². The summed E-state index contributed by atoms with van der Waals surface area (Å²) in [6.07, 6.45) is 2.83. The van der Waals surface area contributed by atoms with E-state index in [1.165, 1.54) is 12.1 Å². The van der Waals surface area contributed by atoms with Crippen molar-refractivity contribution in [1.82, 2.24) is 5.32 Å². The second-order valence-electron chi connectivity index (χ2n) is 4.92. The molecular formula is C18H16ClNO4. The molecule has 2 aromatic carbocycles. The molecule has 2 N–H and O–H groups in total. The number of carboxylic acids is 1. The number of carboxylic acid groups (broad SMARTS) is 1. The van der Waals surface area contributed by atoms with E-state index in [0.717, 1.165) is 5.56 Å². The number of halogens is 1. The van der Waals surface area contributed by atoms with Gasteiger partial charge in [0.15, 0.2) is 0 Å². The van der Waals surface area contributed by atoms with Gasteiger partial charge >= 0.3 is 12.1 Å². The molecule has 0 saturated heterocycles. The molecule has 0 fully saturated rings. The number of benzene rings is 2. The summed E-state index contributed by atoms with van der Waals surface area (Å²) in [6.45, 7) is 0.454. The molecule has 6 heteroatoms. The maximum atomic E-state index is 11.6. The van der Waals surface area contributed by atoms with E-state index in [9.17, 15) is 9.59 Å². The smallest absolute Gasteiger partial charge is 0.407 e. The van der Waals surface area contributed by atoms with Crippen molar-refractivity contribution in [2.75, 3.05) is 6.54 Å². The average Bonchev–Trinajstić information content (AvgIpc) is 2.57. The minimum atomic E-state index is -1.05. The summed E-state index contributed by atoms with van der Waals surface area (Å²) in [6, 6.07) is 13.9. The van der Waals surface area contributed by atoms with Gasteiger partial charge in [-0.2, -0.15) is 0 Å². The summed E-state index contributed by atoms with van der Waals surface area (Å²) < 4.78 is 5.07. The normalized spacial score (nSPS) is 10.5. The van der Waals surface area contributed by atoms with E-state index in [1.807, 2.05) is 30.3 Å². The second kappa shape index (κ2) is 8.74. The van der Waals surface area contributed by atoms with Crippen LogP contribution in [0.25, 0.3) is 6.08 Å². The van der Waals surface area contributed by atoms with Gasteiger partial charge in [-0.3, -0.25) is 0 Å². The zero-order valence-corrected chi connectivity index (χ0v) is 13.5. The fourth-order valence-corrected chi connectivity index (χ4v) is 2.19. The first-order valence-electron chi connectivity index (χ1n) is 7.19. The average molecular weight is 346 g/mol. The first-order valence-corrected chi connectivity index (χ1v) is 7.57. The van der Waals surface area contributed by atoms with Crippen LogP contribution < -0.4 is 5.32 Å². The van der Waals surface area contributed by atoms with E-state index < -0.39 is 12.1 Å². The lowest BCUT2D eigenvalue weighted by atomic mass is 10.1. The van der Waals surface area contributed by atoms with E-state index in [1.54, 1.807) is 18.2 Å². The molecule has 0 unspecified atom stereocenters. The van der Waals surface area contributed by atoms with Crippen LogP contribution in [0.4, 0.5) is 4.79 Å². The highest BCUT2D eigenvalue weighted by atomic mass is 35.5. The van der Waals surface area contributed by atoms with E-state index in [2.05, 4.69) is 5.32 Å². The first kappa shape index (κ1) is 17.6. The van der Waals surface area contributed by atoms with E-state index >= 15 is 0 Å². The van der Waals surface area contributed by atoms with E-state index in [-0.39, 0.29) is 18.7 Å². The van der Waals surface area contributed by atoms with Gasteiger partial charge in [0.2, 0.25) is 0 Å². The summed E-state index contributed by atoms with van der Waals surface area (Å²) in [5.41, 5.74) is 1.65. The van der Waals surface area contributed by atoms with Crippen LogP contribution in [0.5, 0.6) is 0 Å². The van der Waals surface area contributed by atoms with E-state index in [0.29, 0.717) is 10.6 Å². The third-order valence-corrected chi connectivity index (χ3v) is 3.27. The molecule has 0 aliphatic carbocycles. The SMILES string of the molecule is O=C(NCC=Cc1cc(Cl)cc(C(=O)O)c1)OCc1ccccc1. The van der Waals surface area contributed by atoms with Gasteiger partial charge in [-0.1, -0.05) is 54.1 Å². The minimum Gasteiger partial charge on any atom is -0.478 e. The third-order valence-electron chi connectivity index (χ3n) is 3.05. The van der Waals surface area contributed by atoms with Crippen LogP contribution >= 0.6 is 11.6 Å². The number of alkyl carbamates (subject to hydrolysis) is 1. The quantitative estimate of drug-likeness (QED) is 0.830. The van der Waals surface area contributed by atoms with Crippen molar-refractivity contribution >= 4 is 29.7 Å². The number of carbonyl (C=O) groups is 2. The Bertz CT molecular complexity index is 744. The van der Waals surface area contributed by atoms with Gasteiger partial charge < -0.3 is 15.2 Å². The summed E-state index contributed by atoms with van der Waals surface area (Å²) in [5.74, 6) is -1.05. The van der Waals surface area contributed by atoms with E-state index in [4.69, 9.17) is 21.4 Å². The van der Waals surface area contributed by atoms with Gasteiger partial charge in [0.25, 0.3) is 0 Å². The molecule has 0 heterocycles. The van der Waals surface area contributed by atoms with Gasteiger partial charge in [-0.05, 0) is 29.3 Å². The van der Waals surface area contributed by atoms with Gasteiger partial charge in [-0.25, -0.2) is 9.59 Å².